The maximum atomic E-state index is 10.4. The van der Waals surface area contributed by atoms with Crippen molar-refractivity contribution >= 4 is 11.9 Å². The van der Waals surface area contributed by atoms with Crippen LogP contribution in [-0.2, 0) is 9.59 Å². The molecule has 0 heterocycles. The zero-order valence-electron chi connectivity index (χ0n) is 13.4. The number of rotatable bonds is 12. The van der Waals surface area contributed by atoms with Crippen molar-refractivity contribution in [3.8, 4) is 0 Å². The van der Waals surface area contributed by atoms with Gasteiger partial charge in [0, 0.05) is 13.2 Å². The lowest BCUT2D eigenvalue weighted by molar-refractivity contribution is -0.140. The Morgan fingerprint density at radius 2 is 1.14 bits per heavy atom. The quantitative estimate of drug-likeness (QED) is 0.286. The maximum Gasteiger partial charge on any atom is 0.320 e. The van der Waals surface area contributed by atoms with Gasteiger partial charge < -0.3 is 31.1 Å². The van der Waals surface area contributed by atoms with Crippen molar-refractivity contribution in [1.29, 1.82) is 0 Å². The fraction of sp³-hybridized carbons (Fsp3) is 0.857. The highest BCUT2D eigenvalue weighted by atomic mass is 16.4. The topological polar surface area (TPSA) is 139 Å². The predicted molar refractivity (Wildman–Crippen MR) is 82.8 cm³/mol. The molecule has 0 aromatic rings. The van der Waals surface area contributed by atoms with E-state index in [9.17, 15) is 9.59 Å². The molecule has 0 fully saturated rings. The molecule has 0 radical (unpaired) electrons. The van der Waals surface area contributed by atoms with Crippen LogP contribution in [0.15, 0.2) is 0 Å². The Morgan fingerprint density at radius 3 is 1.32 bits per heavy atom. The van der Waals surface area contributed by atoms with E-state index < -0.39 is 24.0 Å². The van der Waals surface area contributed by atoms with Crippen molar-refractivity contribution in [2.24, 2.45) is 0 Å². The Balaban J connectivity index is 0. The largest absolute Gasteiger partial charge is 0.480 e. The predicted octanol–water partition coefficient (Wildman–Crippen LogP) is -0.357. The first-order chi connectivity index (χ1) is 10.4. The van der Waals surface area contributed by atoms with Gasteiger partial charge in [-0.05, 0) is 38.8 Å². The third-order valence-corrected chi connectivity index (χ3v) is 2.71. The number of nitrogens with one attached hydrogen (secondary N) is 2. The van der Waals surface area contributed by atoms with Gasteiger partial charge in [-0.15, -0.1) is 0 Å². The summed E-state index contributed by atoms with van der Waals surface area (Å²) in [6.07, 6.45) is 2.34. The standard InChI is InChI=1S/2C7H15NO3/c2*1-2-4-8-6(3-5-9)7(10)11/h2*6,8-9H,2-5H2,1H3,(H,10,11)/t2*6-/m00/s1. The average Bonchev–Trinajstić information content (AvgIpc) is 2.48. The number of carboxylic acids is 2. The van der Waals surface area contributed by atoms with Crippen molar-refractivity contribution in [2.75, 3.05) is 26.3 Å². The molecule has 0 aromatic carbocycles. The first kappa shape index (κ1) is 23.1. The van der Waals surface area contributed by atoms with E-state index in [1.54, 1.807) is 0 Å². The molecule has 6 N–H and O–H groups in total. The Kier molecular flexibility index (Phi) is 16.9. The molecule has 0 amide bonds. The first-order valence-corrected chi connectivity index (χ1v) is 7.58. The summed E-state index contributed by atoms with van der Waals surface area (Å²) in [7, 11) is 0. The van der Waals surface area contributed by atoms with E-state index >= 15 is 0 Å². The lowest BCUT2D eigenvalue weighted by atomic mass is 10.2. The van der Waals surface area contributed by atoms with Crippen LogP contribution in [0.1, 0.15) is 39.5 Å². The van der Waals surface area contributed by atoms with Crippen LogP contribution in [0.5, 0.6) is 0 Å². The highest BCUT2D eigenvalue weighted by Crippen LogP contribution is 1.91. The SMILES string of the molecule is CCCN[C@@H](CCO)C(=O)O.CCCN[C@@H](CCO)C(=O)O. The summed E-state index contributed by atoms with van der Waals surface area (Å²) < 4.78 is 0. The van der Waals surface area contributed by atoms with Gasteiger partial charge in [0.25, 0.3) is 0 Å². The van der Waals surface area contributed by atoms with Gasteiger partial charge in [0.15, 0.2) is 0 Å². The lowest BCUT2D eigenvalue weighted by Gasteiger charge is -2.11. The summed E-state index contributed by atoms with van der Waals surface area (Å²) in [6.45, 7) is 5.10. The van der Waals surface area contributed by atoms with Crippen molar-refractivity contribution in [3.63, 3.8) is 0 Å². The van der Waals surface area contributed by atoms with Crippen LogP contribution in [-0.4, -0.2) is 70.8 Å². The van der Waals surface area contributed by atoms with Crippen molar-refractivity contribution in [2.45, 2.75) is 51.6 Å². The van der Waals surface area contributed by atoms with Gasteiger partial charge in [0.2, 0.25) is 0 Å². The summed E-state index contributed by atoms with van der Waals surface area (Å²) in [5.41, 5.74) is 0. The molecule has 0 spiro atoms. The summed E-state index contributed by atoms with van der Waals surface area (Å²) >= 11 is 0. The highest BCUT2D eigenvalue weighted by molar-refractivity contribution is 5.73. The van der Waals surface area contributed by atoms with Crippen molar-refractivity contribution in [1.82, 2.24) is 10.6 Å². The van der Waals surface area contributed by atoms with Gasteiger partial charge >= 0.3 is 11.9 Å². The second kappa shape index (κ2) is 16.2. The molecule has 0 aromatic heterocycles. The molecule has 0 aliphatic rings. The number of carboxylic acid groups (broad SMARTS) is 2. The molecule has 0 bridgehead atoms. The number of carbonyl (C=O) groups is 2. The summed E-state index contributed by atoms with van der Waals surface area (Å²) in [4.78, 5) is 20.8. The van der Waals surface area contributed by atoms with Crippen LogP contribution in [0.25, 0.3) is 0 Å². The van der Waals surface area contributed by atoms with Crippen molar-refractivity contribution < 1.29 is 30.0 Å². The Hall–Kier alpha value is -1.22. The van der Waals surface area contributed by atoms with Crippen LogP contribution in [0.2, 0.25) is 0 Å². The maximum absolute atomic E-state index is 10.4. The number of hydrogen-bond donors (Lipinski definition) is 6. The van der Waals surface area contributed by atoms with E-state index in [0.717, 1.165) is 12.8 Å². The Morgan fingerprint density at radius 1 is 0.818 bits per heavy atom. The van der Waals surface area contributed by atoms with Crippen molar-refractivity contribution in [3.05, 3.63) is 0 Å². The molecule has 0 saturated carbocycles. The van der Waals surface area contributed by atoms with Gasteiger partial charge in [-0.3, -0.25) is 9.59 Å². The Bertz CT molecular complexity index is 261. The minimum atomic E-state index is -0.896. The minimum absolute atomic E-state index is 0.0896. The fourth-order valence-electron chi connectivity index (χ4n) is 1.52. The minimum Gasteiger partial charge on any atom is -0.480 e. The molecule has 2 atom stereocenters. The van der Waals surface area contributed by atoms with Crippen LogP contribution in [0.3, 0.4) is 0 Å². The second-order valence-corrected chi connectivity index (χ2v) is 4.71. The van der Waals surface area contributed by atoms with E-state index in [0.29, 0.717) is 13.1 Å². The molecule has 132 valence electrons. The first-order valence-electron chi connectivity index (χ1n) is 7.58. The van der Waals surface area contributed by atoms with Crippen LogP contribution in [0.4, 0.5) is 0 Å². The zero-order valence-corrected chi connectivity index (χ0v) is 13.4. The molecule has 0 saturated heterocycles. The van der Waals surface area contributed by atoms with E-state index in [-0.39, 0.29) is 26.1 Å². The normalized spacial score (nSPS) is 12.9. The third kappa shape index (κ3) is 13.7. The smallest absolute Gasteiger partial charge is 0.320 e. The van der Waals surface area contributed by atoms with Crippen LogP contribution in [0, 0.1) is 0 Å². The fourth-order valence-corrected chi connectivity index (χ4v) is 1.52. The van der Waals surface area contributed by atoms with E-state index in [1.807, 2.05) is 13.8 Å². The number of aliphatic hydroxyl groups is 2. The summed E-state index contributed by atoms with van der Waals surface area (Å²) in [5.74, 6) is -1.79. The Labute approximate surface area is 131 Å². The molecular weight excluding hydrogens is 292 g/mol. The zero-order chi connectivity index (χ0) is 17.4. The van der Waals surface area contributed by atoms with E-state index in [4.69, 9.17) is 20.4 Å². The molecule has 22 heavy (non-hydrogen) atoms. The molecule has 0 unspecified atom stereocenters. The molecular formula is C14H30N2O6. The number of aliphatic hydroxyl groups excluding tert-OH is 2. The molecule has 0 rings (SSSR count). The molecule has 8 heteroatoms. The molecule has 8 nitrogen and oxygen atoms in total. The van der Waals surface area contributed by atoms with Gasteiger partial charge in [-0.25, -0.2) is 0 Å². The average molecular weight is 322 g/mol. The molecule has 0 aliphatic carbocycles. The summed E-state index contributed by atoms with van der Waals surface area (Å²) in [6, 6.07) is -1.19. The van der Waals surface area contributed by atoms with Crippen LogP contribution >= 0.6 is 0 Å². The lowest BCUT2D eigenvalue weighted by Crippen LogP contribution is -2.37. The number of aliphatic carboxylic acids is 2. The highest BCUT2D eigenvalue weighted by Gasteiger charge is 2.15. The molecule has 0 aliphatic heterocycles. The summed E-state index contributed by atoms with van der Waals surface area (Å²) in [5, 5.41) is 39.7. The van der Waals surface area contributed by atoms with Crippen LogP contribution < -0.4 is 10.6 Å². The van der Waals surface area contributed by atoms with Gasteiger partial charge in [0.1, 0.15) is 12.1 Å². The third-order valence-electron chi connectivity index (χ3n) is 2.71. The van der Waals surface area contributed by atoms with Gasteiger partial charge in [-0.1, -0.05) is 13.8 Å². The second-order valence-electron chi connectivity index (χ2n) is 4.71. The van der Waals surface area contributed by atoms with E-state index in [1.165, 1.54) is 0 Å². The number of hydrogen-bond acceptors (Lipinski definition) is 6. The van der Waals surface area contributed by atoms with Gasteiger partial charge in [-0.2, -0.15) is 0 Å². The monoisotopic (exact) mass is 322 g/mol. The van der Waals surface area contributed by atoms with Gasteiger partial charge in [0.05, 0.1) is 0 Å². The van der Waals surface area contributed by atoms with E-state index in [2.05, 4.69) is 10.6 Å².